The maximum atomic E-state index is 12.2. The van der Waals surface area contributed by atoms with Crippen LogP contribution in [-0.4, -0.2) is 52.9 Å². The summed E-state index contributed by atoms with van der Waals surface area (Å²) >= 11 is 0. The lowest BCUT2D eigenvalue weighted by atomic mass is 9.86. The van der Waals surface area contributed by atoms with Crippen LogP contribution >= 0.6 is 0 Å². The van der Waals surface area contributed by atoms with Gasteiger partial charge in [0.2, 0.25) is 0 Å². The Hall–Kier alpha value is -1.30. The predicted molar refractivity (Wildman–Crippen MR) is 73.3 cm³/mol. The van der Waals surface area contributed by atoms with E-state index >= 15 is 0 Å². The minimum atomic E-state index is -0.816. The number of likely N-dealkylation sites (tertiary alicyclic amines) is 1. The average Bonchev–Trinajstić information content (AvgIpc) is 3.03. The Labute approximate surface area is 119 Å². The Bertz CT molecular complexity index is 379. The number of rotatable bonds is 4. The summed E-state index contributed by atoms with van der Waals surface area (Å²) in [5.41, 5.74) is -0.796. The molecule has 1 saturated heterocycles. The van der Waals surface area contributed by atoms with E-state index in [2.05, 4.69) is 5.32 Å². The predicted octanol–water partition coefficient (Wildman–Crippen LogP) is 1.04. The normalized spacial score (nSPS) is 28.6. The highest BCUT2D eigenvalue weighted by Crippen LogP contribution is 2.37. The first-order valence-electron chi connectivity index (χ1n) is 7.39. The Morgan fingerprint density at radius 2 is 2.00 bits per heavy atom. The zero-order chi connectivity index (χ0) is 14.8. The van der Waals surface area contributed by atoms with Crippen LogP contribution in [0.3, 0.4) is 0 Å². The highest BCUT2D eigenvalue weighted by Gasteiger charge is 2.42. The summed E-state index contributed by atoms with van der Waals surface area (Å²) < 4.78 is 0. The minimum absolute atomic E-state index is 0.0430. The molecule has 2 aliphatic rings. The molecule has 2 amide bonds. The molecule has 114 valence electrons. The Morgan fingerprint density at radius 3 is 2.55 bits per heavy atom. The van der Waals surface area contributed by atoms with Crippen LogP contribution in [0.25, 0.3) is 0 Å². The van der Waals surface area contributed by atoms with Gasteiger partial charge in [-0.3, -0.25) is 4.79 Å². The smallest absolute Gasteiger partial charge is 0.317 e. The fourth-order valence-corrected chi connectivity index (χ4v) is 3.40. The van der Waals surface area contributed by atoms with Gasteiger partial charge in [-0.2, -0.15) is 0 Å². The number of urea groups is 1. The van der Waals surface area contributed by atoms with Gasteiger partial charge in [-0.15, -0.1) is 0 Å². The van der Waals surface area contributed by atoms with Crippen LogP contribution in [0, 0.1) is 11.3 Å². The Morgan fingerprint density at radius 1 is 1.35 bits per heavy atom. The number of nitrogens with one attached hydrogen (secondary N) is 1. The summed E-state index contributed by atoms with van der Waals surface area (Å²) in [6.45, 7) is 2.78. The highest BCUT2D eigenvalue weighted by molar-refractivity contribution is 5.78. The molecular formula is C14H24N2O4. The van der Waals surface area contributed by atoms with E-state index in [0.29, 0.717) is 19.4 Å². The zero-order valence-corrected chi connectivity index (χ0v) is 12.0. The highest BCUT2D eigenvalue weighted by atomic mass is 16.4. The lowest BCUT2D eigenvalue weighted by Crippen LogP contribution is -2.49. The monoisotopic (exact) mass is 284 g/mol. The maximum Gasteiger partial charge on any atom is 0.317 e. The number of nitrogens with zero attached hydrogens (tertiary/aromatic N) is 1. The number of carbonyl (C=O) groups excluding carboxylic acids is 1. The van der Waals surface area contributed by atoms with Crippen LogP contribution in [-0.2, 0) is 4.79 Å². The summed E-state index contributed by atoms with van der Waals surface area (Å²) in [4.78, 5) is 25.3. The van der Waals surface area contributed by atoms with Crippen LogP contribution in [0.2, 0.25) is 0 Å². The van der Waals surface area contributed by atoms with Gasteiger partial charge in [-0.25, -0.2) is 4.79 Å². The van der Waals surface area contributed by atoms with E-state index in [1.807, 2.05) is 6.92 Å². The molecule has 2 unspecified atom stereocenters. The first kappa shape index (κ1) is 15.1. The second kappa shape index (κ2) is 5.99. The molecule has 0 aromatic carbocycles. The molecule has 3 N–H and O–H groups in total. The molecule has 1 saturated carbocycles. The molecule has 6 nitrogen and oxygen atoms in total. The molecule has 1 aliphatic carbocycles. The molecule has 0 aromatic rings. The number of hydrogen-bond acceptors (Lipinski definition) is 3. The van der Waals surface area contributed by atoms with Crippen molar-refractivity contribution in [2.45, 2.75) is 45.1 Å². The molecule has 1 heterocycles. The van der Waals surface area contributed by atoms with Crippen LogP contribution in [0.4, 0.5) is 4.79 Å². The van der Waals surface area contributed by atoms with E-state index in [9.17, 15) is 19.8 Å². The van der Waals surface area contributed by atoms with Crippen LogP contribution in [0.5, 0.6) is 0 Å². The fraction of sp³-hybridized carbons (Fsp3) is 0.857. The summed E-state index contributed by atoms with van der Waals surface area (Å²) in [7, 11) is 0. The van der Waals surface area contributed by atoms with Crippen LogP contribution in [0.15, 0.2) is 0 Å². The summed E-state index contributed by atoms with van der Waals surface area (Å²) in [5.74, 6) is -0.533. The number of aliphatic hydroxyl groups excluding tert-OH is 1. The van der Waals surface area contributed by atoms with Crippen molar-refractivity contribution in [2.24, 2.45) is 11.3 Å². The van der Waals surface area contributed by atoms with E-state index in [1.165, 1.54) is 0 Å². The number of carbonyl (C=O) groups is 2. The fourth-order valence-electron chi connectivity index (χ4n) is 3.40. The number of aliphatic hydroxyl groups is 1. The van der Waals surface area contributed by atoms with Crippen LogP contribution in [0.1, 0.15) is 39.0 Å². The van der Waals surface area contributed by atoms with Gasteiger partial charge in [-0.05, 0) is 25.2 Å². The lowest BCUT2D eigenvalue weighted by Gasteiger charge is -2.29. The molecule has 6 heteroatoms. The molecular weight excluding hydrogens is 260 g/mol. The van der Waals surface area contributed by atoms with Crippen molar-refractivity contribution >= 4 is 12.0 Å². The van der Waals surface area contributed by atoms with Gasteiger partial charge in [0.05, 0.1) is 18.1 Å². The third-order valence-electron chi connectivity index (χ3n) is 4.92. The molecule has 0 aromatic heterocycles. The molecule has 0 spiro atoms. The van der Waals surface area contributed by atoms with Crippen LogP contribution < -0.4 is 5.32 Å². The van der Waals surface area contributed by atoms with Crippen molar-refractivity contribution in [3.63, 3.8) is 0 Å². The van der Waals surface area contributed by atoms with E-state index in [-0.39, 0.29) is 31.1 Å². The number of hydrogen-bond donors (Lipinski definition) is 3. The van der Waals surface area contributed by atoms with Gasteiger partial charge in [0, 0.05) is 13.1 Å². The van der Waals surface area contributed by atoms with Gasteiger partial charge in [0.25, 0.3) is 0 Å². The Kier molecular flexibility index (Phi) is 4.52. The zero-order valence-electron chi connectivity index (χ0n) is 12.0. The molecule has 2 atom stereocenters. The van der Waals surface area contributed by atoms with Crippen molar-refractivity contribution in [1.82, 2.24) is 10.2 Å². The number of amides is 2. The summed E-state index contributed by atoms with van der Waals surface area (Å²) in [6, 6.07) is -0.403. The molecule has 0 bridgehead atoms. The van der Waals surface area contributed by atoms with Gasteiger partial charge in [-0.1, -0.05) is 19.8 Å². The van der Waals surface area contributed by atoms with Gasteiger partial charge >= 0.3 is 12.0 Å². The van der Waals surface area contributed by atoms with Gasteiger partial charge < -0.3 is 20.4 Å². The van der Waals surface area contributed by atoms with E-state index in [1.54, 1.807) is 4.90 Å². The number of carboxylic acid groups (broad SMARTS) is 1. The molecule has 2 fully saturated rings. The van der Waals surface area contributed by atoms with Crippen molar-refractivity contribution in [3.05, 3.63) is 0 Å². The van der Waals surface area contributed by atoms with Gasteiger partial charge in [0.1, 0.15) is 0 Å². The summed E-state index contributed by atoms with van der Waals surface area (Å²) in [5, 5.41) is 21.5. The van der Waals surface area contributed by atoms with Crippen molar-refractivity contribution in [2.75, 3.05) is 19.7 Å². The topological polar surface area (TPSA) is 89.9 Å². The van der Waals surface area contributed by atoms with E-state index in [0.717, 1.165) is 19.3 Å². The minimum Gasteiger partial charge on any atom is -0.481 e. The molecule has 1 aliphatic heterocycles. The average molecular weight is 284 g/mol. The van der Waals surface area contributed by atoms with Crippen molar-refractivity contribution in [3.8, 4) is 0 Å². The third kappa shape index (κ3) is 2.75. The Balaban J connectivity index is 1.93. The second-order valence-corrected chi connectivity index (χ2v) is 6.16. The standard InChI is InChI=1S/C14H24N2O4/c1-10-4-7-16(11(10)8-17)13(20)15-9-14(12(18)19)5-2-3-6-14/h10-11,17H,2-9H2,1H3,(H,15,20)(H,18,19). The summed E-state index contributed by atoms with van der Waals surface area (Å²) in [6.07, 6.45) is 3.94. The van der Waals surface area contributed by atoms with E-state index in [4.69, 9.17) is 0 Å². The lowest BCUT2D eigenvalue weighted by molar-refractivity contribution is -0.148. The first-order chi connectivity index (χ1) is 9.50. The maximum absolute atomic E-state index is 12.2. The largest absolute Gasteiger partial charge is 0.481 e. The second-order valence-electron chi connectivity index (χ2n) is 6.16. The quantitative estimate of drug-likeness (QED) is 0.719. The van der Waals surface area contributed by atoms with Crippen molar-refractivity contribution in [1.29, 1.82) is 0 Å². The first-order valence-corrected chi connectivity index (χ1v) is 7.39. The molecule has 0 radical (unpaired) electrons. The third-order valence-corrected chi connectivity index (χ3v) is 4.92. The van der Waals surface area contributed by atoms with Crippen molar-refractivity contribution < 1.29 is 19.8 Å². The SMILES string of the molecule is CC1CCN(C(=O)NCC2(C(=O)O)CCCC2)C1CO. The van der Waals surface area contributed by atoms with Gasteiger partial charge in [0.15, 0.2) is 0 Å². The molecule has 2 rings (SSSR count). The number of aliphatic carboxylic acids is 1. The number of carboxylic acids is 1. The molecule has 20 heavy (non-hydrogen) atoms. The van der Waals surface area contributed by atoms with E-state index < -0.39 is 11.4 Å².